The van der Waals surface area contributed by atoms with Crippen molar-refractivity contribution in [1.82, 2.24) is 0 Å². The van der Waals surface area contributed by atoms with E-state index in [9.17, 15) is 19.7 Å². The summed E-state index contributed by atoms with van der Waals surface area (Å²) in [7, 11) is 1.12. The van der Waals surface area contributed by atoms with Gasteiger partial charge in [-0.2, -0.15) is 0 Å². The number of nitro benzene ring substituents is 1. The van der Waals surface area contributed by atoms with Crippen LogP contribution in [0.25, 0.3) is 0 Å². The van der Waals surface area contributed by atoms with Gasteiger partial charge in [0.1, 0.15) is 5.75 Å². The van der Waals surface area contributed by atoms with Crippen molar-refractivity contribution in [1.29, 1.82) is 0 Å². The molecule has 0 spiro atoms. The zero-order valence-electron chi connectivity index (χ0n) is 12.1. The summed E-state index contributed by atoms with van der Waals surface area (Å²) in [5.41, 5.74) is -0.802. The Morgan fingerprint density at radius 3 is 2.21 bits per heavy atom. The fraction of sp³-hybridized carbons (Fsp3) is 0.0667. The van der Waals surface area contributed by atoms with E-state index in [1.807, 2.05) is 0 Å². The number of methoxy groups -OCH3 is 1. The van der Waals surface area contributed by atoms with Gasteiger partial charge in [-0.3, -0.25) is 10.1 Å². The van der Waals surface area contributed by atoms with Crippen molar-refractivity contribution in [3.8, 4) is 5.75 Å². The SMILES string of the molecule is COC(=O)c1cc(C(=O)Oc2ccc(Cl)cc2Cl)cc([N+](=O)[O-])c1. The lowest BCUT2D eigenvalue weighted by molar-refractivity contribution is -0.384. The lowest BCUT2D eigenvalue weighted by Gasteiger charge is -2.07. The molecule has 0 aliphatic rings. The van der Waals surface area contributed by atoms with E-state index in [1.165, 1.54) is 18.2 Å². The van der Waals surface area contributed by atoms with Crippen LogP contribution in [0.4, 0.5) is 5.69 Å². The lowest BCUT2D eigenvalue weighted by atomic mass is 10.1. The molecule has 0 aromatic heterocycles. The normalized spacial score (nSPS) is 10.1. The number of hydrogen-bond donors (Lipinski definition) is 0. The first-order chi connectivity index (χ1) is 11.3. The predicted molar refractivity (Wildman–Crippen MR) is 85.9 cm³/mol. The van der Waals surface area contributed by atoms with Crippen LogP contribution >= 0.6 is 23.2 Å². The number of halogens is 2. The molecule has 24 heavy (non-hydrogen) atoms. The van der Waals surface area contributed by atoms with E-state index >= 15 is 0 Å². The number of carbonyl (C=O) groups excluding carboxylic acids is 2. The quantitative estimate of drug-likeness (QED) is 0.350. The highest BCUT2D eigenvalue weighted by Gasteiger charge is 2.20. The van der Waals surface area contributed by atoms with Gasteiger partial charge < -0.3 is 9.47 Å². The molecule has 0 amide bonds. The van der Waals surface area contributed by atoms with E-state index in [4.69, 9.17) is 27.9 Å². The highest BCUT2D eigenvalue weighted by atomic mass is 35.5. The molecule has 0 unspecified atom stereocenters. The number of esters is 2. The first kappa shape index (κ1) is 17.7. The standard InChI is InChI=1S/C15H9Cl2NO6/c1-23-14(19)8-4-9(6-11(5-8)18(21)22)15(20)24-13-3-2-10(16)7-12(13)17/h2-7H,1H3. The largest absolute Gasteiger partial charge is 0.465 e. The van der Waals surface area contributed by atoms with Crippen molar-refractivity contribution in [2.24, 2.45) is 0 Å². The maximum absolute atomic E-state index is 12.2. The second-order valence-corrected chi connectivity index (χ2v) is 5.33. The van der Waals surface area contributed by atoms with E-state index in [-0.39, 0.29) is 21.9 Å². The zero-order valence-corrected chi connectivity index (χ0v) is 13.6. The summed E-state index contributed by atoms with van der Waals surface area (Å²) in [5.74, 6) is -1.72. The van der Waals surface area contributed by atoms with E-state index < -0.39 is 22.5 Å². The van der Waals surface area contributed by atoms with Crippen molar-refractivity contribution < 1.29 is 24.0 Å². The molecule has 0 saturated heterocycles. The van der Waals surface area contributed by atoms with Crippen LogP contribution in [0, 0.1) is 10.1 Å². The second kappa shape index (κ2) is 7.29. The summed E-state index contributed by atoms with van der Waals surface area (Å²) >= 11 is 11.6. The van der Waals surface area contributed by atoms with Crippen LogP contribution in [0.2, 0.25) is 10.0 Å². The number of benzene rings is 2. The molecular weight excluding hydrogens is 361 g/mol. The summed E-state index contributed by atoms with van der Waals surface area (Å²) in [6, 6.07) is 7.32. The minimum Gasteiger partial charge on any atom is -0.465 e. The highest BCUT2D eigenvalue weighted by Crippen LogP contribution is 2.28. The molecule has 2 rings (SSSR count). The molecule has 0 atom stereocenters. The zero-order chi connectivity index (χ0) is 17.9. The van der Waals surface area contributed by atoms with Crippen LogP contribution in [-0.2, 0) is 4.74 Å². The van der Waals surface area contributed by atoms with Gasteiger partial charge in [-0.25, -0.2) is 9.59 Å². The van der Waals surface area contributed by atoms with Gasteiger partial charge in [0.05, 0.1) is 28.2 Å². The smallest absolute Gasteiger partial charge is 0.343 e. The third-order valence-corrected chi connectivity index (χ3v) is 3.41. The van der Waals surface area contributed by atoms with E-state index in [1.54, 1.807) is 0 Å². The molecule has 0 heterocycles. The van der Waals surface area contributed by atoms with Gasteiger partial charge in [-0.1, -0.05) is 23.2 Å². The number of carbonyl (C=O) groups is 2. The molecule has 124 valence electrons. The van der Waals surface area contributed by atoms with Crippen LogP contribution in [0.3, 0.4) is 0 Å². The fourth-order valence-electron chi connectivity index (χ4n) is 1.79. The molecule has 0 N–H and O–H groups in total. The topological polar surface area (TPSA) is 95.7 Å². The summed E-state index contributed by atoms with van der Waals surface area (Å²) in [4.78, 5) is 34.0. The summed E-state index contributed by atoms with van der Waals surface area (Å²) < 4.78 is 9.59. The molecule has 9 heteroatoms. The second-order valence-electron chi connectivity index (χ2n) is 4.48. The monoisotopic (exact) mass is 369 g/mol. The molecule has 2 aromatic rings. The molecule has 7 nitrogen and oxygen atoms in total. The summed E-state index contributed by atoms with van der Waals surface area (Å²) in [6.45, 7) is 0. The molecule has 0 fully saturated rings. The predicted octanol–water partition coefficient (Wildman–Crippen LogP) is 3.91. The summed E-state index contributed by atoms with van der Waals surface area (Å²) in [5, 5.41) is 11.4. The minimum absolute atomic E-state index is 0.0252. The van der Waals surface area contributed by atoms with Gasteiger partial charge in [0.25, 0.3) is 5.69 Å². The van der Waals surface area contributed by atoms with Crippen molar-refractivity contribution in [2.75, 3.05) is 7.11 Å². The van der Waals surface area contributed by atoms with Gasteiger partial charge in [-0.05, 0) is 24.3 Å². The Morgan fingerprint density at radius 1 is 1.04 bits per heavy atom. The molecule has 0 radical (unpaired) electrons. The highest BCUT2D eigenvalue weighted by molar-refractivity contribution is 6.35. The van der Waals surface area contributed by atoms with Crippen molar-refractivity contribution in [3.63, 3.8) is 0 Å². The van der Waals surface area contributed by atoms with Crippen LogP contribution in [0.15, 0.2) is 36.4 Å². The number of hydrogen-bond acceptors (Lipinski definition) is 6. The number of nitro groups is 1. The average molecular weight is 370 g/mol. The Labute approximate surface area is 145 Å². The average Bonchev–Trinajstić information content (AvgIpc) is 2.56. The Morgan fingerprint density at radius 2 is 1.67 bits per heavy atom. The Balaban J connectivity index is 2.39. The van der Waals surface area contributed by atoms with Crippen LogP contribution in [-0.4, -0.2) is 24.0 Å². The van der Waals surface area contributed by atoms with Crippen LogP contribution in [0.1, 0.15) is 20.7 Å². The van der Waals surface area contributed by atoms with Crippen LogP contribution < -0.4 is 4.74 Å². The van der Waals surface area contributed by atoms with E-state index in [2.05, 4.69) is 4.74 Å². The summed E-state index contributed by atoms with van der Waals surface area (Å²) in [6.07, 6.45) is 0. The molecular formula is C15H9Cl2NO6. The molecule has 0 saturated carbocycles. The fourth-order valence-corrected chi connectivity index (χ4v) is 2.23. The van der Waals surface area contributed by atoms with Gasteiger partial charge in [0.2, 0.25) is 0 Å². The van der Waals surface area contributed by atoms with E-state index in [0.717, 1.165) is 25.3 Å². The Hall–Kier alpha value is -2.64. The van der Waals surface area contributed by atoms with Crippen LogP contribution in [0.5, 0.6) is 5.75 Å². The third kappa shape index (κ3) is 4.01. The Kier molecular flexibility index (Phi) is 5.38. The van der Waals surface area contributed by atoms with E-state index in [0.29, 0.717) is 5.02 Å². The first-order valence-electron chi connectivity index (χ1n) is 6.37. The first-order valence-corrected chi connectivity index (χ1v) is 7.12. The van der Waals surface area contributed by atoms with Crippen molar-refractivity contribution in [2.45, 2.75) is 0 Å². The molecule has 0 aliphatic heterocycles. The van der Waals surface area contributed by atoms with Crippen molar-refractivity contribution in [3.05, 3.63) is 67.7 Å². The number of nitrogens with zero attached hydrogens (tertiary/aromatic N) is 1. The van der Waals surface area contributed by atoms with Gasteiger partial charge in [-0.15, -0.1) is 0 Å². The third-order valence-electron chi connectivity index (χ3n) is 2.88. The number of rotatable bonds is 4. The molecule has 0 bridgehead atoms. The molecule has 0 aliphatic carbocycles. The number of non-ortho nitro benzene ring substituents is 1. The maximum Gasteiger partial charge on any atom is 0.343 e. The minimum atomic E-state index is -0.923. The molecule has 2 aromatic carbocycles. The van der Waals surface area contributed by atoms with Gasteiger partial charge in [0, 0.05) is 17.2 Å². The van der Waals surface area contributed by atoms with Crippen molar-refractivity contribution >= 4 is 40.8 Å². The number of ether oxygens (including phenoxy) is 2. The maximum atomic E-state index is 12.2. The van der Waals surface area contributed by atoms with Gasteiger partial charge in [0.15, 0.2) is 0 Å². The van der Waals surface area contributed by atoms with Gasteiger partial charge >= 0.3 is 11.9 Å². The lowest BCUT2D eigenvalue weighted by Crippen LogP contribution is -2.11. The Bertz CT molecular complexity index is 837.